The maximum atomic E-state index is 3.73. The predicted molar refractivity (Wildman–Crippen MR) is 88.2 cm³/mol. The molecule has 0 heterocycles. The molecular weight excluding hydrogens is 254 g/mol. The first-order valence-electron chi connectivity index (χ1n) is 8.98. The second-order valence-corrected chi connectivity index (χ2v) is 8.10. The zero-order valence-electron chi connectivity index (χ0n) is 13.6. The van der Waals surface area contributed by atoms with E-state index in [1.165, 1.54) is 44.1 Å². The highest BCUT2D eigenvalue weighted by molar-refractivity contribution is 5.28. The van der Waals surface area contributed by atoms with Crippen molar-refractivity contribution in [3.63, 3.8) is 0 Å². The van der Waals surface area contributed by atoms with Gasteiger partial charge in [-0.25, -0.2) is 0 Å². The Hall–Kier alpha value is -0.820. The number of nitrogens with one attached hydrogen (secondary N) is 1. The lowest BCUT2D eigenvalue weighted by atomic mass is 9.47. The normalized spacial score (nSPS) is 38.7. The lowest BCUT2D eigenvalue weighted by Gasteiger charge is -2.59. The molecule has 4 saturated carbocycles. The molecule has 0 amide bonds. The first kappa shape index (κ1) is 13.8. The maximum Gasteiger partial charge on any atom is 0.0375 e. The van der Waals surface area contributed by atoms with E-state index in [0.29, 0.717) is 11.5 Å². The van der Waals surface area contributed by atoms with Crippen LogP contribution in [0.3, 0.4) is 0 Å². The fourth-order valence-electron chi connectivity index (χ4n) is 6.35. The molecule has 0 aromatic heterocycles. The van der Waals surface area contributed by atoms with Gasteiger partial charge >= 0.3 is 0 Å². The second-order valence-electron chi connectivity index (χ2n) is 8.10. The van der Waals surface area contributed by atoms with Gasteiger partial charge in [-0.3, -0.25) is 0 Å². The summed E-state index contributed by atoms with van der Waals surface area (Å²) in [4.78, 5) is 0. The number of rotatable bonds is 4. The van der Waals surface area contributed by atoms with E-state index in [-0.39, 0.29) is 0 Å². The van der Waals surface area contributed by atoms with Crippen molar-refractivity contribution in [2.24, 2.45) is 23.2 Å². The summed E-state index contributed by atoms with van der Waals surface area (Å²) in [6.07, 6.45) is 10.2. The molecule has 1 heteroatoms. The van der Waals surface area contributed by atoms with Gasteiger partial charge in [0.2, 0.25) is 0 Å². The van der Waals surface area contributed by atoms with Gasteiger partial charge in [0, 0.05) is 6.04 Å². The van der Waals surface area contributed by atoms with Crippen molar-refractivity contribution in [3.05, 3.63) is 35.4 Å². The molecule has 1 atom stereocenters. The van der Waals surface area contributed by atoms with Crippen LogP contribution in [0.15, 0.2) is 24.3 Å². The van der Waals surface area contributed by atoms with Crippen molar-refractivity contribution in [3.8, 4) is 0 Å². The topological polar surface area (TPSA) is 12.0 Å². The predicted octanol–water partition coefficient (Wildman–Crippen LogP) is 4.73. The molecule has 1 aromatic carbocycles. The minimum Gasteiger partial charge on any atom is -0.313 e. The highest BCUT2D eigenvalue weighted by Crippen LogP contribution is 2.63. The zero-order valence-corrected chi connectivity index (χ0v) is 13.6. The number of hydrogen-bond acceptors (Lipinski definition) is 1. The largest absolute Gasteiger partial charge is 0.313 e. The van der Waals surface area contributed by atoms with Crippen molar-refractivity contribution in [2.75, 3.05) is 7.05 Å². The smallest absolute Gasteiger partial charge is 0.0375 e. The van der Waals surface area contributed by atoms with Crippen molar-refractivity contribution >= 4 is 0 Å². The summed E-state index contributed by atoms with van der Waals surface area (Å²) < 4.78 is 0. The molecule has 4 bridgehead atoms. The van der Waals surface area contributed by atoms with Gasteiger partial charge in [0.25, 0.3) is 0 Å². The summed E-state index contributed by atoms with van der Waals surface area (Å²) in [6.45, 7) is 2.26. The number of aryl methyl sites for hydroxylation is 1. The minimum atomic E-state index is 0.551. The van der Waals surface area contributed by atoms with Crippen LogP contribution in [-0.2, 0) is 6.42 Å². The van der Waals surface area contributed by atoms with Gasteiger partial charge in [-0.05, 0) is 86.3 Å². The lowest BCUT2D eigenvalue weighted by Crippen LogP contribution is -2.51. The van der Waals surface area contributed by atoms with Gasteiger partial charge in [0.05, 0.1) is 0 Å². The molecule has 4 aliphatic rings. The molecule has 21 heavy (non-hydrogen) atoms. The van der Waals surface area contributed by atoms with Gasteiger partial charge < -0.3 is 5.32 Å². The van der Waals surface area contributed by atoms with Crippen LogP contribution < -0.4 is 5.32 Å². The fraction of sp³-hybridized carbons (Fsp3) is 0.700. The lowest BCUT2D eigenvalue weighted by molar-refractivity contribution is -0.0736. The summed E-state index contributed by atoms with van der Waals surface area (Å²) >= 11 is 0. The molecule has 114 valence electrons. The molecule has 1 N–H and O–H groups in total. The maximum absolute atomic E-state index is 3.73. The number of hydrogen-bond donors (Lipinski definition) is 1. The van der Waals surface area contributed by atoms with Crippen LogP contribution in [0.25, 0.3) is 0 Å². The molecule has 0 spiro atoms. The van der Waals surface area contributed by atoms with Crippen LogP contribution in [0.5, 0.6) is 0 Å². The first-order valence-corrected chi connectivity index (χ1v) is 8.98. The Balaban J connectivity index is 1.69. The van der Waals surface area contributed by atoms with Crippen LogP contribution in [0.4, 0.5) is 0 Å². The molecule has 4 fully saturated rings. The first-order chi connectivity index (χ1) is 10.2. The van der Waals surface area contributed by atoms with E-state index >= 15 is 0 Å². The van der Waals surface area contributed by atoms with Crippen LogP contribution in [-0.4, -0.2) is 7.05 Å². The van der Waals surface area contributed by atoms with Crippen LogP contribution in [0, 0.1) is 23.2 Å². The molecule has 0 aliphatic heterocycles. The number of benzene rings is 1. The van der Waals surface area contributed by atoms with Crippen molar-refractivity contribution in [1.82, 2.24) is 5.32 Å². The molecule has 0 saturated heterocycles. The van der Waals surface area contributed by atoms with E-state index in [0.717, 1.165) is 24.2 Å². The van der Waals surface area contributed by atoms with Gasteiger partial charge in [-0.15, -0.1) is 0 Å². The Bertz CT molecular complexity index is 483. The van der Waals surface area contributed by atoms with E-state index in [9.17, 15) is 0 Å². The van der Waals surface area contributed by atoms with E-state index in [1.54, 1.807) is 5.56 Å². The minimum absolute atomic E-state index is 0.551. The van der Waals surface area contributed by atoms with Gasteiger partial charge in [-0.2, -0.15) is 0 Å². The monoisotopic (exact) mass is 283 g/mol. The Morgan fingerprint density at radius 1 is 1.10 bits per heavy atom. The standard InChI is InChI=1S/C20H29N/c1-3-14-5-4-6-18(10-14)19(21-2)20-11-15-7-16(12-20)9-17(8-15)13-20/h4-6,10,15-17,19,21H,3,7-9,11-13H2,1-2H3. The summed E-state index contributed by atoms with van der Waals surface area (Å²) in [5.74, 6) is 3.09. The molecule has 1 aromatic rings. The molecule has 5 rings (SSSR count). The highest BCUT2D eigenvalue weighted by atomic mass is 14.9. The molecular formula is C20H29N. The van der Waals surface area contributed by atoms with Gasteiger partial charge in [0.15, 0.2) is 0 Å². The van der Waals surface area contributed by atoms with Gasteiger partial charge in [0.1, 0.15) is 0 Å². The average Bonchev–Trinajstić information content (AvgIpc) is 2.46. The van der Waals surface area contributed by atoms with Crippen molar-refractivity contribution in [2.45, 2.75) is 57.9 Å². The second kappa shape index (κ2) is 5.12. The van der Waals surface area contributed by atoms with Crippen LogP contribution in [0.2, 0.25) is 0 Å². The van der Waals surface area contributed by atoms with Crippen molar-refractivity contribution < 1.29 is 0 Å². The summed E-state index contributed by atoms with van der Waals surface area (Å²) in [5, 5.41) is 3.73. The quantitative estimate of drug-likeness (QED) is 0.842. The Morgan fingerprint density at radius 2 is 1.71 bits per heavy atom. The summed E-state index contributed by atoms with van der Waals surface area (Å²) in [7, 11) is 2.18. The molecule has 4 aliphatic carbocycles. The van der Waals surface area contributed by atoms with Crippen LogP contribution in [0.1, 0.15) is 62.6 Å². The third-order valence-electron chi connectivity index (χ3n) is 6.68. The Morgan fingerprint density at radius 3 is 2.24 bits per heavy atom. The van der Waals surface area contributed by atoms with E-state index in [4.69, 9.17) is 0 Å². The third kappa shape index (κ3) is 2.25. The fourth-order valence-corrected chi connectivity index (χ4v) is 6.35. The van der Waals surface area contributed by atoms with E-state index < -0.39 is 0 Å². The summed E-state index contributed by atoms with van der Waals surface area (Å²) in [6, 6.07) is 9.92. The summed E-state index contributed by atoms with van der Waals surface area (Å²) in [5.41, 5.74) is 3.58. The SMILES string of the molecule is CCc1cccc(C(NC)C23CC4CC(CC(C4)C2)C3)c1. The average molecular weight is 283 g/mol. The molecule has 1 unspecified atom stereocenters. The Labute approximate surface area is 129 Å². The highest BCUT2D eigenvalue weighted by Gasteiger charge is 2.54. The molecule has 1 nitrogen and oxygen atoms in total. The molecule has 0 radical (unpaired) electrons. The Kier molecular flexibility index (Phi) is 3.37. The van der Waals surface area contributed by atoms with E-state index in [2.05, 4.69) is 43.6 Å². The van der Waals surface area contributed by atoms with Crippen LogP contribution >= 0.6 is 0 Å². The van der Waals surface area contributed by atoms with Gasteiger partial charge in [-0.1, -0.05) is 31.2 Å². The van der Waals surface area contributed by atoms with E-state index in [1.807, 2.05) is 0 Å². The zero-order chi connectivity index (χ0) is 14.4. The third-order valence-corrected chi connectivity index (χ3v) is 6.68. The van der Waals surface area contributed by atoms with Crippen molar-refractivity contribution in [1.29, 1.82) is 0 Å².